The van der Waals surface area contributed by atoms with Gasteiger partial charge in [0, 0.05) is 11.6 Å². The molecular formula is C20H21ClF4N2O5. The van der Waals surface area contributed by atoms with Crippen molar-refractivity contribution in [2.45, 2.75) is 55.6 Å². The molecule has 0 unspecified atom stereocenters. The molecule has 0 saturated heterocycles. The number of carbonyl (C=O) groups excluding carboxylic acids is 2. The summed E-state index contributed by atoms with van der Waals surface area (Å²) >= 11 is 5.59. The van der Waals surface area contributed by atoms with Gasteiger partial charge in [0.05, 0.1) is 23.3 Å². The number of ether oxygens (including phenoxy) is 3. The van der Waals surface area contributed by atoms with E-state index >= 15 is 0 Å². The number of benzene rings is 1. The van der Waals surface area contributed by atoms with Crippen LogP contribution < -0.4 is 15.4 Å². The normalized spacial score (nSPS) is 30.3. The van der Waals surface area contributed by atoms with Crippen molar-refractivity contribution in [3.8, 4) is 5.75 Å². The van der Waals surface area contributed by atoms with E-state index in [1.165, 1.54) is 12.1 Å². The van der Waals surface area contributed by atoms with E-state index in [0.717, 1.165) is 6.07 Å². The van der Waals surface area contributed by atoms with Gasteiger partial charge >= 0.3 is 12.5 Å². The van der Waals surface area contributed by atoms with Gasteiger partial charge in [0.2, 0.25) is 0 Å². The molecule has 2 bridgehead atoms. The van der Waals surface area contributed by atoms with Crippen molar-refractivity contribution in [3.63, 3.8) is 0 Å². The molecule has 0 atom stereocenters. The van der Waals surface area contributed by atoms with Crippen molar-refractivity contribution in [2.24, 2.45) is 5.92 Å². The zero-order valence-electron chi connectivity index (χ0n) is 16.8. The monoisotopic (exact) mass is 480 g/mol. The van der Waals surface area contributed by atoms with Crippen molar-refractivity contribution in [3.05, 3.63) is 29.0 Å². The Balaban J connectivity index is 1.10. The smallest absolute Gasteiger partial charge is 0.484 e. The minimum atomic E-state index is -4.65. The molecule has 4 fully saturated rings. The second-order valence-corrected chi connectivity index (χ2v) is 9.16. The molecule has 2 amide bonds. The van der Waals surface area contributed by atoms with E-state index in [4.69, 9.17) is 21.1 Å². The number of rotatable bonds is 8. The lowest BCUT2D eigenvalue weighted by Crippen LogP contribution is -2.84. The topological polar surface area (TPSA) is 85.9 Å². The molecule has 0 aliphatic heterocycles. The maximum absolute atomic E-state index is 13.4. The van der Waals surface area contributed by atoms with Gasteiger partial charge in [0.1, 0.15) is 11.6 Å². The number of alkyl carbamates (subject to hydrolysis) is 1. The summed E-state index contributed by atoms with van der Waals surface area (Å²) in [6, 6.07) is 3.88. The molecule has 32 heavy (non-hydrogen) atoms. The quantitative estimate of drug-likeness (QED) is 0.554. The summed E-state index contributed by atoms with van der Waals surface area (Å²) in [5.74, 6) is -0.975. The highest BCUT2D eigenvalue weighted by atomic mass is 35.5. The standard InChI is InChI=1S/C20H21ClF4N2O5/c21-14-2-1-12(5-15(14)22)30-7-16(28)26-18-8-19(9-18,10-18)27-17(29)31-6-11-3-13(4-11)32-20(23,24)25/h1-2,5,11,13H,3-4,6-10H2,(H,26,28)(H,27,29). The number of nitrogens with one attached hydrogen (secondary N) is 2. The maximum Gasteiger partial charge on any atom is 0.522 e. The number of hydrogen-bond donors (Lipinski definition) is 2. The highest BCUT2D eigenvalue weighted by molar-refractivity contribution is 6.30. The van der Waals surface area contributed by atoms with Crippen molar-refractivity contribution >= 4 is 23.6 Å². The summed E-state index contributed by atoms with van der Waals surface area (Å²) in [4.78, 5) is 24.1. The van der Waals surface area contributed by atoms with E-state index in [9.17, 15) is 27.2 Å². The summed E-state index contributed by atoms with van der Waals surface area (Å²) < 4.78 is 63.9. The molecule has 0 spiro atoms. The summed E-state index contributed by atoms with van der Waals surface area (Å²) in [7, 11) is 0. The van der Waals surface area contributed by atoms with E-state index in [2.05, 4.69) is 15.4 Å². The highest BCUT2D eigenvalue weighted by Gasteiger charge is 2.69. The molecule has 0 heterocycles. The average Bonchev–Trinajstić information content (AvgIpc) is 2.60. The minimum Gasteiger partial charge on any atom is -0.484 e. The molecule has 0 radical (unpaired) electrons. The van der Waals surface area contributed by atoms with Crippen LogP contribution in [0.4, 0.5) is 22.4 Å². The largest absolute Gasteiger partial charge is 0.522 e. The van der Waals surface area contributed by atoms with Gasteiger partial charge < -0.3 is 20.1 Å². The first kappa shape index (κ1) is 22.9. The fourth-order valence-corrected chi connectivity index (χ4v) is 4.76. The fraction of sp³-hybridized carbons (Fsp3) is 0.600. The Kier molecular flexibility index (Phi) is 5.91. The Morgan fingerprint density at radius 2 is 1.78 bits per heavy atom. The summed E-state index contributed by atoms with van der Waals surface area (Å²) in [5.41, 5.74) is -0.846. The molecule has 176 valence electrons. The van der Waals surface area contributed by atoms with Crippen molar-refractivity contribution in [1.82, 2.24) is 10.6 Å². The van der Waals surface area contributed by atoms with Crippen molar-refractivity contribution in [1.29, 1.82) is 0 Å². The van der Waals surface area contributed by atoms with Crippen LogP contribution in [-0.4, -0.2) is 48.8 Å². The van der Waals surface area contributed by atoms with Gasteiger partial charge in [-0.15, -0.1) is 13.2 Å². The highest BCUT2D eigenvalue weighted by Crippen LogP contribution is 2.60. The summed E-state index contributed by atoms with van der Waals surface area (Å²) in [5, 5.41) is 5.59. The predicted octanol–water partition coefficient (Wildman–Crippen LogP) is 3.69. The van der Waals surface area contributed by atoms with Gasteiger partial charge in [-0.05, 0) is 50.2 Å². The third-order valence-electron chi connectivity index (χ3n) is 6.01. The molecule has 12 heteroatoms. The van der Waals surface area contributed by atoms with Crippen LogP contribution in [0.2, 0.25) is 5.02 Å². The Morgan fingerprint density at radius 3 is 2.41 bits per heavy atom. The minimum absolute atomic E-state index is 0.0319. The zero-order valence-corrected chi connectivity index (χ0v) is 17.5. The second-order valence-electron chi connectivity index (χ2n) is 8.75. The van der Waals surface area contributed by atoms with E-state index in [1.807, 2.05) is 0 Å². The lowest BCUT2D eigenvalue weighted by atomic mass is 9.44. The molecule has 5 rings (SSSR count). The van der Waals surface area contributed by atoms with Gasteiger partial charge in [-0.3, -0.25) is 9.53 Å². The fourth-order valence-electron chi connectivity index (χ4n) is 4.64. The van der Waals surface area contributed by atoms with E-state index < -0.39 is 35.5 Å². The van der Waals surface area contributed by atoms with Crippen LogP contribution in [0.5, 0.6) is 5.75 Å². The van der Waals surface area contributed by atoms with Crippen LogP contribution in [0.1, 0.15) is 32.1 Å². The molecule has 4 saturated carbocycles. The molecule has 7 nitrogen and oxygen atoms in total. The van der Waals surface area contributed by atoms with Crippen LogP contribution in [0.3, 0.4) is 0 Å². The van der Waals surface area contributed by atoms with Gasteiger partial charge in [0.15, 0.2) is 6.61 Å². The first-order valence-corrected chi connectivity index (χ1v) is 10.4. The zero-order chi connectivity index (χ0) is 23.1. The van der Waals surface area contributed by atoms with Crippen LogP contribution in [0, 0.1) is 11.7 Å². The number of halogens is 5. The van der Waals surface area contributed by atoms with Crippen LogP contribution in [0.25, 0.3) is 0 Å². The van der Waals surface area contributed by atoms with Crippen molar-refractivity contribution < 1.29 is 41.4 Å². The molecule has 0 aromatic heterocycles. The lowest BCUT2D eigenvalue weighted by molar-refractivity contribution is -0.354. The number of alkyl halides is 3. The van der Waals surface area contributed by atoms with E-state index in [1.54, 1.807) is 0 Å². The first-order chi connectivity index (χ1) is 14.9. The summed E-state index contributed by atoms with van der Waals surface area (Å²) in [6.07, 6.45) is -4.14. The van der Waals surface area contributed by atoms with Crippen LogP contribution in [-0.2, 0) is 14.3 Å². The Hall–Kier alpha value is -2.27. The summed E-state index contributed by atoms with van der Waals surface area (Å²) in [6.45, 7) is -0.254. The number of hydrogen-bond acceptors (Lipinski definition) is 5. The molecular weight excluding hydrogens is 460 g/mol. The third-order valence-corrected chi connectivity index (χ3v) is 6.31. The van der Waals surface area contributed by atoms with Crippen molar-refractivity contribution in [2.75, 3.05) is 13.2 Å². The van der Waals surface area contributed by atoms with E-state index in [-0.39, 0.29) is 48.7 Å². The van der Waals surface area contributed by atoms with Crippen LogP contribution >= 0.6 is 11.6 Å². The molecule has 1 aromatic rings. The van der Waals surface area contributed by atoms with E-state index in [0.29, 0.717) is 19.3 Å². The van der Waals surface area contributed by atoms with Gasteiger partial charge in [-0.2, -0.15) is 0 Å². The molecule has 4 aliphatic rings. The second kappa shape index (κ2) is 8.26. The van der Waals surface area contributed by atoms with Gasteiger partial charge in [-0.1, -0.05) is 11.6 Å². The van der Waals surface area contributed by atoms with Gasteiger partial charge in [0.25, 0.3) is 5.91 Å². The SMILES string of the molecule is O=C(COc1ccc(Cl)c(F)c1)NC12CC(NC(=O)OCC3CC(OC(F)(F)F)C3)(C1)C2. The number of amides is 2. The predicted molar refractivity (Wildman–Crippen MR) is 102 cm³/mol. The van der Waals surface area contributed by atoms with Gasteiger partial charge in [-0.25, -0.2) is 9.18 Å². The Morgan fingerprint density at radius 1 is 1.12 bits per heavy atom. The molecule has 1 aromatic carbocycles. The Labute approximate surface area is 185 Å². The van der Waals surface area contributed by atoms with Crippen LogP contribution in [0.15, 0.2) is 18.2 Å². The lowest BCUT2D eigenvalue weighted by Gasteiger charge is -2.70. The molecule has 2 N–H and O–H groups in total. The average molecular weight is 481 g/mol. The first-order valence-electron chi connectivity index (χ1n) is 10.0. The number of carbonyl (C=O) groups is 2. The maximum atomic E-state index is 13.4. The third kappa shape index (κ3) is 5.20. The molecule has 4 aliphatic carbocycles. The Bertz CT molecular complexity index is 887.